The molecule has 0 atom stereocenters. The van der Waals surface area contributed by atoms with Crippen molar-refractivity contribution in [3.05, 3.63) is 54.6 Å². The van der Waals surface area contributed by atoms with Crippen molar-refractivity contribution in [2.45, 2.75) is 0 Å². The third kappa shape index (κ3) is 4.09. The molecule has 0 N–H and O–H groups in total. The van der Waals surface area contributed by atoms with Crippen molar-refractivity contribution < 1.29 is 4.74 Å². The third-order valence-corrected chi connectivity index (χ3v) is 4.15. The van der Waals surface area contributed by atoms with Gasteiger partial charge in [-0.15, -0.1) is 0 Å². The van der Waals surface area contributed by atoms with Crippen LogP contribution in [-0.2, 0) is 0 Å². The van der Waals surface area contributed by atoms with Crippen LogP contribution in [0, 0.1) is 6.07 Å². The number of nitrogens with zero attached hydrogens (tertiary/aromatic N) is 2. The summed E-state index contributed by atoms with van der Waals surface area (Å²) in [5, 5.41) is 0. The van der Waals surface area contributed by atoms with E-state index in [9.17, 15) is 0 Å². The van der Waals surface area contributed by atoms with E-state index in [0.29, 0.717) is 0 Å². The number of likely N-dealkylation sites (N-methyl/N-ethyl adjacent to an activating group) is 1. The Kier molecular flexibility index (Phi) is 5.09. The summed E-state index contributed by atoms with van der Waals surface area (Å²) in [5.41, 5.74) is 2.38. The summed E-state index contributed by atoms with van der Waals surface area (Å²) in [7, 11) is 2.18. The first-order chi connectivity index (χ1) is 10.8. The molecule has 1 aliphatic heterocycles. The molecule has 0 saturated carbocycles. The van der Waals surface area contributed by atoms with Crippen molar-refractivity contribution in [3.8, 4) is 16.9 Å². The second-order valence-electron chi connectivity index (χ2n) is 5.80. The number of rotatable bonds is 5. The average Bonchev–Trinajstić information content (AvgIpc) is 2.58. The maximum absolute atomic E-state index is 5.82. The fourth-order valence-corrected chi connectivity index (χ4v) is 2.67. The van der Waals surface area contributed by atoms with E-state index < -0.39 is 0 Å². The summed E-state index contributed by atoms with van der Waals surface area (Å²) in [5.74, 6) is 0.828. The first-order valence-corrected chi connectivity index (χ1v) is 7.92. The summed E-state index contributed by atoms with van der Waals surface area (Å²) >= 11 is 0. The summed E-state index contributed by atoms with van der Waals surface area (Å²) in [6, 6.07) is 19.7. The highest BCUT2D eigenvalue weighted by molar-refractivity contribution is 5.63. The van der Waals surface area contributed by atoms with Crippen molar-refractivity contribution >= 4 is 0 Å². The lowest BCUT2D eigenvalue weighted by atomic mass is 10.1. The lowest BCUT2D eigenvalue weighted by Crippen LogP contribution is -2.45. The molecule has 1 fully saturated rings. The molecule has 22 heavy (non-hydrogen) atoms. The van der Waals surface area contributed by atoms with E-state index >= 15 is 0 Å². The van der Waals surface area contributed by atoms with Gasteiger partial charge in [0.15, 0.2) is 0 Å². The molecular weight excluding hydrogens is 272 g/mol. The van der Waals surface area contributed by atoms with Crippen LogP contribution in [0.15, 0.2) is 48.5 Å². The SMILES string of the molecule is CN1CCN(CCOc2[c]cc(-c3ccccc3)cc2)CC1. The molecule has 1 aliphatic rings. The van der Waals surface area contributed by atoms with Crippen LogP contribution in [0.5, 0.6) is 5.75 Å². The van der Waals surface area contributed by atoms with Crippen LogP contribution in [0.1, 0.15) is 0 Å². The lowest BCUT2D eigenvalue weighted by molar-refractivity contribution is 0.133. The van der Waals surface area contributed by atoms with Gasteiger partial charge in [0, 0.05) is 38.8 Å². The third-order valence-electron chi connectivity index (χ3n) is 4.15. The van der Waals surface area contributed by atoms with Crippen LogP contribution in [0.25, 0.3) is 11.1 Å². The molecule has 3 rings (SSSR count). The Balaban J connectivity index is 1.47. The summed E-state index contributed by atoms with van der Waals surface area (Å²) in [6.45, 7) is 6.29. The molecule has 1 radical (unpaired) electrons. The number of hydrogen-bond acceptors (Lipinski definition) is 3. The second kappa shape index (κ2) is 7.43. The van der Waals surface area contributed by atoms with Gasteiger partial charge >= 0.3 is 0 Å². The van der Waals surface area contributed by atoms with Crippen molar-refractivity contribution in [3.63, 3.8) is 0 Å². The van der Waals surface area contributed by atoms with Crippen molar-refractivity contribution in [2.75, 3.05) is 46.4 Å². The van der Waals surface area contributed by atoms with Gasteiger partial charge < -0.3 is 9.64 Å². The van der Waals surface area contributed by atoms with E-state index in [1.54, 1.807) is 0 Å². The van der Waals surface area contributed by atoms with Crippen LogP contribution < -0.4 is 4.74 Å². The van der Waals surface area contributed by atoms with Gasteiger partial charge in [0.25, 0.3) is 0 Å². The summed E-state index contributed by atoms with van der Waals surface area (Å²) < 4.78 is 5.82. The zero-order valence-corrected chi connectivity index (χ0v) is 13.2. The Bertz CT molecular complexity index is 560. The van der Waals surface area contributed by atoms with E-state index in [1.807, 2.05) is 18.2 Å². The van der Waals surface area contributed by atoms with E-state index in [0.717, 1.165) is 45.1 Å². The number of hydrogen-bond donors (Lipinski definition) is 0. The Hall–Kier alpha value is -1.84. The monoisotopic (exact) mass is 295 g/mol. The fraction of sp³-hybridized carbons (Fsp3) is 0.368. The molecule has 0 amide bonds. The van der Waals surface area contributed by atoms with Gasteiger partial charge in [0.2, 0.25) is 0 Å². The van der Waals surface area contributed by atoms with Gasteiger partial charge in [-0.25, -0.2) is 0 Å². The normalized spacial score (nSPS) is 16.6. The Morgan fingerprint density at radius 3 is 2.41 bits per heavy atom. The smallest absolute Gasteiger partial charge is 0.127 e. The maximum atomic E-state index is 5.82. The lowest BCUT2D eigenvalue weighted by Gasteiger charge is -2.32. The molecule has 1 heterocycles. The molecule has 0 unspecified atom stereocenters. The van der Waals surface area contributed by atoms with Crippen LogP contribution in [0.4, 0.5) is 0 Å². The molecule has 2 aromatic carbocycles. The molecule has 0 bridgehead atoms. The summed E-state index contributed by atoms with van der Waals surface area (Å²) in [4.78, 5) is 4.83. The predicted octanol–water partition coefficient (Wildman–Crippen LogP) is 2.78. The van der Waals surface area contributed by atoms with Gasteiger partial charge in [-0.1, -0.05) is 36.4 Å². The number of ether oxygens (including phenoxy) is 1. The Morgan fingerprint density at radius 1 is 0.955 bits per heavy atom. The van der Waals surface area contributed by atoms with Gasteiger partial charge in [0.05, 0.1) is 0 Å². The fourth-order valence-electron chi connectivity index (χ4n) is 2.67. The highest BCUT2D eigenvalue weighted by Gasteiger charge is 2.13. The molecule has 0 aromatic heterocycles. The van der Waals surface area contributed by atoms with Crippen molar-refractivity contribution in [1.82, 2.24) is 9.80 Å². The molecule has 0 spiro atoms. The van der Waals surface area contributed by atoms with E-state index in [2.05, 4.69) is 53.2 Å². The maximum Gasteiger partial charge on any atom is 0.127 e. The first-order valence-electron chi connectivity index (χ1n) is 7.92. The van der Waals surface area contributed by atoms with Crippen LogP contribution in [0.2, 0.25) is 0 Å². The zero-order valence-electron chi connectivity index (χ0n) is 13.2. The van der Waals surface area contributed by atoms with Crippen LogP contribution >= 0.6 is 0 Å². The minimum atomic E-state index is 0.727. The van der Waals surface area contributed by atoms with Gasteiger partial charge in [-0.3, -0.25) is 4.90 Å². The van der Waals surface area contributed by atoms with Crippen molar-refractivity contribution in [2.24, 2.45) is 0 Å². The highest BCUT2D eigenvalue weighted by Crippen LogP contribution is 2.21. The molecule has 1 saturated heterocycles. The van der Waals surface area contributed by atoms with Crippen molar-refractivity contribution in [1.29, 1.82) is 0 Å². The molecular formula is C19H23N2O. The van der Waals surface area contributed by atoms with Crippen LogP contribution in [0.3, 0.4) is 0 Å². The Labute approximate surface area is 133 Å². The molecule has 2 aromatic rings. The first kappa shape index (κ1) is 15.1. The second-order valence-corrected chi connectivity index (χ2v) is 5.80. The van der Waals surface area contributed by atoms with E-state index in [1.165, 1.54) is 11.1 Å². The molecule has 0 aliphatic carbocycles. The zero-order chi connectivity index (χ0) is 15.2. The molecule has 3 heteroatoms. The molecule has 115 valence electrons. The Morgan fingerprint density at radius 2 is 1.73 bits per heavy atom. The quantitative estimate of drug-likeness (QED) is 0.843. The summed E-state index contributed by atoms with van der Waals surface area (Å²) in [6.07, 6.45) is 0. The molecule has 3 nitrogen and oxygen atoms in total. The van der Waals surface area contributed by atoms with Gasteiger partial charge in [-0.05, 0) is 30.3 Å². The largest absolute Gasteiger partial charge is 0.492 e. The van der Waals surface area contributed by atoms with Gasteiger partial charge in [-0.2, -0.15) is 0 Å². The van der Waals surface area contributed by atoms with E-state index in [4.69, 9.17) is 4.74 Å². The predicted molar refractivity (Wildman–Crippen MR) is 90.1 cm³/mol. The average molecular weight is 295 g/mol. The van der Waals surface area contributed by atoms with Crippen LogP contribution in [-0.4, -0.2) is 56.2 Å². The minimum Gasteiger partial charge on any atom is -0.492 e. The topological polar surface area (TPSA) is 15.7 Å². The number of piperazine rings is 1. The number of benzene rings is 2. The standard InChI is InChI=1S/C19H23N2O/c1-20-11-13-21(14-12-20)15-16-22-19-9-7-18(8-10-19)17-5-3-2-4-6-17/h2-9H,11-16H2,1H3. The highest BCUT2D eigenvalue weighted by atomic mass is 16.5. The minimum absolute atomic E-state index is 0.727. The van der Waals surface area contributed by atoms with E-state index in [-0.39, 0.29) is 0 Å². The van der Waals surface area contributed by atoms with Gasteiger partial charge in [0.1, 0.15) is 12.4 Å².